The molecule has 1 aliphatic heterocycles. The van der Waals surface area contributed by atoms with Crippen molar-refractivity contribution in [3.8, 4) is 17.1 Å². The smallest absolute Gasteiger partial charge is 0.262 e. The Labute approximate surface area is 155 Å². The van der Waals surface area contributed by atoms with Crippen LogP contribution in [0.25, 0.3) is 17.3 Å². The Hall–Kier alpha value is -2.80. The predicted octanol–water partition coefficient (Wildman–Crippen LogP) is 4.48. The van der Waals surface area contributed by atoms with Crippen molar-refractivity contribution >= 4 is 23.5 Å². The number of anilines is 1. The summed E-state index contributed by atoms with van der Waals surface area (Å²) in [6.07, 6.45) is 6.02. The first-order valence-electron chi connectivity index (χ1n) is 8.45. The summed E-state index contributed by atoms with van der Waals surface area (Å²) in [4.78, 5) is 4.68. The van der Waals surface area contributed by atoms with Gasteiger partial charge in [-0.2, -0.15) is 0 Å². The fraction of sp³-hybridized carbons (Fsp3) is 0.211. The molecule has 1 aromatic carbocycles. The summed E-state index contributed by atoms with van der Waals surface area (Å²) < 4.78 is 11.3. The molecule has 3 heterocycles. The number of nitrogens with zero attached hydrogens (tertiary/aromatic N) is 3. The van der Waals surface area contributed by atoms with Crippen LogP contribution in [0, 0.1) is 0 Å². The molecule has 2 aromatic heterocycles. The molecule has 0 saturated carbocycles. The van der Waals surface area contributed by atoms with Crippen LogP contribution in [0.15, 0.2) is 58.3 Å². The highest BCUT2D eigenvalue weighted by Crippen LogP contribution is 2.36. The first-order valence-corrected chi connectivity index (χ1v) is 9.44. The molecule has 0 saturated heterocycles. The molecule has 1 unspecified atom stereocenters. The molecule has 26 heavy (non-hydrogen) atoms. The van der Waals surface area contributed by atoms with E-state index in [0.29, 0.717) is 16.7 Å². The number of rotatable bonds is 5. The minimum absolute atomic E-state index is 0.409. The Balaban J connectivity index is 1.69. The molecule has 0 aliphatic carbocycles. The molecular formula is C19H18N4O2S. The summed E-state index contributed by atoms with van der Waals surface area (Å²) in [6, 6.07) is 11.7. The van der Waals surface area contributed by atoms with Crippen molar-refractivity contribution in [1.82, 2.24) is 15.2 Å². The van der Waals surface area contributed by atoms with E-state index >= 15 is 0 Å². The molecule has 4 rings (SSSR count). The lowest BCUT2D eigenvalue weighted by atomic mass is 10.1. The van der Waals surface area contributed by atoms with Crippen molar-refractivity contribution in [2.45, 2.75) is 24.7 Å². The van der Waals surface area contributed by atoms with E-state index in [2.05, 4.69) is 27.4 Å². The Kier molecular flexibility index (Phi) is 4.88. The number of fused-ring (bicyclic) bond motifs is 3. The molecule has 132 valence electrons. The van der Waals surface area contributed by atoms with Gasteiger partial charge in [0.1, 0.15) is 11.5 Å². The third-order valence-corrected chi connectivity index (χ3v) is 4.81. The second kappa shape index (κ2) is 7.61. The second-order valence-corrected chi connectivity index (χ2v) is 6.76. The van der Waals surface area contributed by atoms with Gasteiger partial charge < -0.3 is 14.5 Å². The van der Waals surface area contributed by atoms with E-state index in [9.17, 15) is 0 Å². The molecule has 0 spiro atoms. The average Bonchev–Trinajstić information content (AvgIpc) is 3.14. The molecule has 6 nitrogen and oxygen atoms in total. The van der Waals surface area contributed by atoms with Gasteiger partial charge in [0, 0.05) is 17.0 Å². The van der Waals surface area contributed by atoms with Crippen LogP contribution >= 0.6 is 11.8 Å². The Bertz CT molecular complexity index is 912. The maximum absolute atomic E-state index is 6.01. The van der Waals surface area contributed by atoms with Crippen molar-refractivity contribution < 1.29 is 9.15 Å². The third kappa shape index (κ3) is 3.57. The highest BCUT2D eigenvalue weighted by Gasteiger charge is 2.23. The van der Waals surface area contributed by atoms with Gasteiger partial charge >= 0.3 is 0 Å². The van der Waals surface area contributed by atoms with E-state index in [0.717, 1.165) is 29.2 Å². The second-order valence-electron chi connectivity index (χ2n) is 5.70. The highest BCUT2D eigenvalue weighted by atomic mass is 32.2. The largest absolute Gasteiger partial charge is 0.465 e. The van der Waals surface area contributed by atoms with Crippen molar-refractivity contribution in [3.63, 3.8) is 0 Å². The van der Waals surface area contributed by atoms with Crippen LogP contribution in [0.2, 0.25) is 0 Å². The van der Waals surface area contributed by atoms with Gasteiger partial charge in [0.2, 0.25) is 5.16 Å². The number of hydrogen-bond donors (Lipinski definition) is 1. The number of furan rings is 1. The fourth-order valence-corrected chi connectivity index (χ4v) is 3.23. The van der Waals surface area contributed by atoms with Gasteiger partial charge in [0.15, 0.2) is 6.23 Å². The average molecular weight is 366 g/mol. The topological polar surface area (TPSA) is 73.1 Å². The molecule has 3 aromatic rings. The SMILES string of the molecule is CCCSc1nnc2c(n1)-c1ccccc1NC(/C=C/c1ccco1)O2. The zero-order valence-corrected chi connectivity index (χ0v) is 15.1. The van der Waals surface area contributed by atoms with Gasteiger partial charge in [-0.25, -0.2) is 4.98 Å². The van der Waals surface area contributed by atoms with Crippen LogP contribution < -0.4 is 10.1 Å². The number of para-hydroxylation sites is 1. The van der Waals surface area contributed by atoms with Crippen LogP contribution in [-0.2, 0) is 0 Å². The lowest BCUT2D eigenvalue weighted by molar-refractivity contribution is 0.265. The van der Waals surface area contributed by atoms with Gasteiger partial charge in [-0.15, -0.1) is 10.2 Å². The van der Waals surface area contributed by atoms with Gasteiger partial charge in [-0.05, 0) is 36.8 Å². The monoisotopic (exact) mass is 366 g/mol. The number of hydrogen-bond acceptors (Lipinski definition) is 7. The van der Waals surface area contributed by atoms with Crippen LogP contribution in [0.4, 0.5) is 5.69 Å². The zero-order valence-electron chi connectivity index (χ0n) is 14.3. The van der Waals surface area contributed by atoms with Gasteiger partial charge in [0.25, 0.3) is 5.88 Å². The number of thioether (sulfide) groups is 1. The summed E-state index contributed by atoms with van der Waals surface area (Å²) >= 11 is 1.60. The van der Waals surface area contributed by atoms with Crippen LogP contribution in [-0.4, -0.2) is 27.2 Å². The molecule has 7 heteroatoms. The highest BCUT2D eigenvalue weighted by molar-refractivity contribution is 7.99. The van der Waals surface area contributed by atoms with E-state index < -0.39 is 6.23 Å². The Morgan fingerprint density at radius 2 is 2.12 bits per heavy atom. The van der Waals surface area contributed by atoms with Gasteiger partial charge in [0.05, 0.1) is 6.26 Å². The molecule has 0 amide bonds. The maximum Gasteiger partial charge on any atom is 0.262 e. The predicted molar refractivity (Wildman–Crippen MR) is 102 cm³/mol. The lowest BCUT2D eigenvalue weighted by Gasteiger charge is -2.14. The van der Waals surface area contributed by atoms with Crippen LogP contribution in [0.1, 0.15) is 19.1 Å². The first kappa shape index (κ1) is 16.7. The van der Waals surface area contributed by atoms with E-state index in [1.54, 1.807) is 18.0 Å². The minimum Gasteiger partial charge on any atom is -0.465 e. The number of aromatic nitrogens is 3. The summed E-state index contributed by atoms with van der Waals surface area (Å²) in [5.41, 5.74) is 2.59. The molecule has 0 bridgehead atoms. The van der Waals surface area contributed by atoms with Crippen molar-refractivity contribution in [1.29, 1.82) is 0 Å². The zero-order chi connectivity index (χ0) is 17.8. The quantitative estimate of drug-likeness (QED) is 0.668. The number of nitrogens with one attached hydrogen (secondary N) is 1. The molecular weight excluding hydrogens is 348 g/mol. The fourth-order valence-electron chi connectivity index (χ4n) is 2.58. The van der Waals surface area contributed by atoms with E-state index in [1.165, 1.54) is 0 Å². The summed E-state index contributed by atoms with van der Waals surface area (Å²) in [7, 11) is 0. The Morgan fingerprint density at radius 3 is 2.96 bits per heavy atom. The van der Waals surface area contributed by atoms with Gasteiger partial charge in [-0.3, -0.25) is 0 Å². The molecule has 1 N–H and O–H groups in total. The van der Waals surface area contributed by atoms with E-state index in [4.69, 9.17) is 9.15 Å². The summed E-state index contributed by atoms with van der Waals surface area (Å²) in [5.74, 6) is 2.12. The normalized spacial score (nSPS) is 15.7. The van der Waals surface area contributed by atoms with Crippen molar-refractivity contribution in [2.24, 2.45) is 0 Å². The standard InChI is InChI=1S/C19H18N4O2S/c1-2-12-26-19-21-17-14-7-3-4-8-15(14)20-16(25-18(17)22-23-19)10-9-13-6-5-11-24-13/h3-11,16,20H,2,12H2,1H3/b10-9+. The third-order valence-electron chi connectivity index (χ3n) is 3.77. The molecule has 1 aliphatic rings. The minimum atomic E-state index is -0.409. The van der Waals surface area contributed by atoms with Crippen LogP contribution in [0.5, 0.6) is 5.88 Å². The molecule has 1 atom stereocenters. The molecule has 0 radical (unpaired) electrons. The van der Waals surface area contributed by atoms with Crippen LogP contribution in [0.3, 0.4) is 0 Å². The molecule has 0 fully saturated rings. The van der Waals surface area contributed by atoms with E-state index in [-0.39, 0.29) is 0 Å². The van der Waals surface area contributed by atoms with Crippen molar-refractivity contribution in [2.75, 3.05) is 11.1 Å². The lowest BCUT2D eigenvalue weighted by Crippen LogP contribution is -2.23. The van der Waals surface area contributed by atoms with E-state index in [1.807, 2.05) is 48.6 Å². The van der Waals surface area contributed by atoms with Crippen molar-refractivity contribution in [3.05, 3.63) is 54.5 Å². The summed E-state index contributed by atoms with van der Waals surface area (Å²) in [6.45, 7) is 2.13. The maximum atomic E-state index is 6.01. The Morgan fingerprint density at radius 1 is 1.19 bits per heavy atom. The van der Waals surface area contributed by atoms with Gasteiger partial charge in [-0.1, -0.05) is 36.9 Å². The first-order chi connectivity index (χ1) is 12.8. The number of ether oxygens (including phenoxy) is 1. The summed E-state index contributed by atoms with van der Waals surface area (Å²) in [5, 5.41) is 12.5. The number of benzene rings is 1.